The van der Waals surface area contributed by atoms with Gasteiger partial charge >= 0.3 is 5.97 Å². The highest BCUT2D eigenvalue weighted by Crippen LogP contribution is 1.91. The lowest BCUT2D eigenvalue weighted by atomic mass is 10.3. The summed E-state index contributed by atoms with van der Waals surface area (Å²) in [5, 5.41) is 9.07. The van der Waals surface area contributed by atoms with E-state index < -0.39 is 27.8 Å². The molecule has 2 N–H and O–H groups in total. The molecule has 0 saturated heterocycles. The Kier molecular flexibility index (Phi) is 5.66. The SMILES string of the molecule is CCC(O)CNS(=O)(=O)CC(=O)OC. The number of carbonyl (C=O) groups excluding carboxylic acids is 1. The van der Waals surface area contributed by atoms with Crippen LogP contribution in [-0.4, -0.2) is 45.0 Å². The first-order valence-corrected chi connectivity index (χ1v) is 5.78. The number of nitrogens with one attached hydrogen (secondary N) is 1. The molecule has 1 atom stereocenters. The number of sulfonamides is 1. The normalized spacial score (nSPS) is 13.6. The first-order chi connectivity index (χ1) is 6.41. The Hall–Kier alpha value is -0.660. The van der Waals surface area contributed by atoms with Gasteiger partial charge in [0.05, 0.1) is 13.2 Å². The molecule has 0 fully saturated rings. The third kappa shape index (κ3) is 5.90. The van der Waals surface area contributed by atoms with E-state index in [9.17, 15) is 13.2 Å². The lowest BCUT2D eigenvalue weighted by molar-refractivity contribution is -0.137. The van der Waals surface area contributed by atoms with Crippen molar-refractivity contribution in [2.24, 2.45) is 0 Å². The van der Waals surface area contributed by atoms with Crippen LogP contribution in [0.15, 0.2) is 0 Å². The van der Waals surface area contributed by atoms with Crippen molar-refractivity contribution in [2.75, 3.05) is 19.4 Å². The molecule has 0 aliphatic carbocycles. The number of carbonyl (C=O) groups is 1. The van der Waals surface area contributed by atoms with Gasteiger partial charge in [-0.05, 0) is 6.42 Å². The summed E-state index contributed by atoms with van der Waals surface area (Å²) in [4.78, 5) is 10.6. The van der Waals surface area contributed by atoms with Crippen LogP contribution in [0, 0.1) is 0 Å². The Morgan fingerprint density at radius 3 is 2.57 bits per heavy atom. The fraction of sp³-hybridized carbons (Fsp3) is 0.857. The van der Waals surface area contributed by atoms with Crippen LogP contribution < -0.4 is 4.72 Å². The molecule has 0 aromatic rings. The van der Waals surface area contributed by atoms with Gasteiger partial charge in [0, 0.05) is 6.54 Å². The minimum atomic E-state index is -3.68. The van der Waals surface area contributed by atoms with E-state index in [0.29, 0.717) is 6.42 Å². The molecular formula is C7H15NO5S. The Balaban J connectivity index is 4.03. The predicted octanol–water partition coefficient (Wildman–Crippen LogP) is -1.15. The van der Waals surface area contributed by atoms with Gasteiger partial charge in [-0.15, -0.1) is 0 Å². The largest absolute Gasteiger partial charge is 0.468 e. The van der Waals surface area contributed by atoms with Crippen LogP contribution in [0.25, 0.3) is 0 Å². The second-order valence-electron chi connectivity index (χ2n) is 2.75. The van der Waals surface area contributed by atoms with Crippen LogP contribution in [0.3, 0.4) is 0 Å². The quantitative estimate of drug-likeness (QED) is 0.557. The van der Waals surface area contributed by atoms with Crippen molar-refractivity contribution in [2.45, 2.75) is 19.4 Å². The average molecular weight is 225 g/mol. The van der Waals surface area contributed by atoms with Gasteiger partial charge < -0.3 is 9.84 Å². The van der Waals surface area contributed by atoms with Crippen LogP contribution >= 0.6 is 0 Å². The van der Waals surface area contributed by atoms with Gasteiger partial charge in [-0.3, -0.25) is 4.79 Å². The summed E-state index contributed by atoms with van der Waals surface area (Å²) >= 11 is 0. The molecule has 0 spiro atoms. The molecule has 84 valence electrons. The number of rotatable bonds is 6. The van der Waals surface area contributed by atoms with Crippen molar-refractivity contribution in [1.29, 1.82) is 0 Å². The number of aliphatic hydroxyl groups excluding tert-OH is 1. The van der Waals surface area contributed by atoms with Crippen LogP contribution in [0.4, 0.5) is 0 Å². The highest BCUT2D eigenvalue weighted by atomic mass is 32.2. The van der Waals surface area contributed by atoms with Gasteiger partial charge in [0.15, 0.2) is 5.75 Å². The molecule has 0 rings (SSSR count). The van der Waals surface area contributed by atoms with E-state index in [1.165, 1.54) is 0 Å². The van der Waals surface area contributed by atoms with Crippen LogP contribution in [0.5, 0.6) is 0 Å². The molecule has 0 aliphatic rings. The van der Waals surface area contributed by atoms with E-state index in [-0.39, 0.29) is 6.54 Å². The zero-order chi connectivity index (χ0) is 11.2. The van der Waals surface area contributed by atoms with E-state index in [1.807, 2.05) is 0 Å². The highest BCUT2D eigenvalue weighted by molar-refractivity contribution is 7.90. The summed E-state index contributed by atoms with van der Waals surface area (Å²) in [6.45, 7) is 1.63. The summed E-state index contributed by atoms with van der Waals surface area (Å²) in [6.07, 6.45) is -0.289. The zero-order valence-corrected chi connectivity index (χ0v) is 9.00. The van der Waals surface area contributed by atoms with Crippen LogP contribution in [0.1, 0.15) is 13.3 Å². The third-order valence-electron chi connectivity index (χ3n) is 1.55. The summed E-state index contributed by atoms with van der Waals surface area (Å²) < 4.78 is 28.5. The molecule has 0 bridgehead atoms. The molecule has 0 saturated carbocycles. The first-order valence-electron chi connectivity index (χ1n) is 4.13. The molecule has 0 aromatic heterocycles. The smallest absolute Gasteiger partial charge is 0.322 e. The molecule has 14 heavy (non-hydrogen) atoms. The molecule has 0 aliphatic heterocycles. The Morgan fingerprint density at radius 2 is 2.14 bits per heavy atom. The standard InChI is InChI=1S/C7H15NO5S/c1-3-6(9)4-8-14(11,12)5-7(10)13-2/h6,8-9H,3-5H2,1-2H3. The van der Waals surface area contributed by atoms with Crippen molar-refractivity contribution in [3.8, 4) is 0 Å². The maximum Gasteiger partial charge on any atom is 0.322 e. The number of ether oxygens (including phenoxy) is 1. The second-order valence-corrected chi connectivity index (χ2v) is 4.55. The topological polar surface area (TPSA) is 92.7 Å². The van der Waals surface area contributed by atoms with Crippen molar-refractivity contribution >= 4 is 16.0 Å². The Labute approximate surface area is 83.3 Å². The summed E-state index contributed by atoms with van der Waals surface area (Å²) in [7, 11) is -2.57. The van der Waals surface area contributed by atoms with Gasteiger partial charge in [0.25, 0.3) is 0 Å². The maximum atomic E-state index is 11.1. The van der Waals surface area contributed by atoms with Gasteiger partial charge in [-0.1, -0.05) is 6.92 Å². The molecule has 0 amide bonds. The summed E-state index contributed by atoms with van der Waals surface area (Å²) in [5.74, 6) is -1.55. The van der Waals surface area contributed by atoms with Crippen molar-refractivity contribution in [3.63, 3.8) is 0 Å². The summed E-state index contributed by atoms with van der Waals surface area (Å²) in [5.41, 5.74) is 0. The lowest BCUT2D eigenvalue weighted by Crippen LogP contribution is -2.35. The van der Waals surface area contributed by atoms with E-state index >= 15 is 0 Å². The lowest BCUT2D eigenvalue weighted by Gasteiger charge is -2.09. The molecule has 6 nitrogen and oxygen atoms in total. The number of aliphatic hydroxyl groups is 1. The van der Waals surface area contributed by atoms with Gasteiger partial charge in [-0.25, -0.2) is 13.1 Å². The fourth-order valence-electron chi connectivity index (χ4n) is 0.633. The molecule has 0 radical (unpaired) electrons. The molecule has 0 heterocycles. The average Bonchev–Trinajstić information content (AvgIpc) is 2.13. The first kappa shape index (κ1) is 13.3. The number of hydrogen-bond donors (Lipinski definition) is 2. The minimum Gasteiger partial charge on any atom is -0.468 e. The number of hydrogen-bond acceptors (Lipinski definition) is 5. The third-order valence-corrected chi connectivity index (χ3v) is 2.77. The van der Waals surface area contributed by atoms with Crippen molar-refractivity contribution in [3.05, 3.63) is 0 Å². The van der Waals surface area contributed by atoms with E-state index in [2.05, 4.69) is 9.46 Å². The van der Waals surface area contributed by atoms with Crippen LogP contribution in [-0.2, 0) is 19.6 Å². The van der Waals surface area contributed by atoms with Gasteiger partial charge in [0.2, 0.25) is 10.0 Å². The van der Waals surface area contributed by atoms with E-state index in [0.717, 1.165) is 7.11 Å². The molecule has 1 unspecified atom stereocenters. The highest BCUT2D eigenvalue weighted by Gasteiger charge is 2.17. The van der Waals surface area contributed by atoms with Crippen molar-refractivity contribution < 1.29 is 23.1 Å². The molecular weight excluding hydrogens is 210 g/mol. The molecule has 7 heteroatoms. The monoisotopic (exact) mass is 225 g/mol. The number of esters is 1. The molecule has 0 aromatic carbocycles. The number of methoxy groups -OCH3 is 1. The summed E-state index contributed by atoms with van der Waals surface area (Å²) in [6, 6.07) is 0. The fourth-order valence-corrected chi connectivity index (χ4v) is 1.61. The Bertz CT molecular complexity index is 274. The minimum absolute atomic E-state index is 0.0875. The Morgan fingerprint density at radius 1 is 1.57 bits per heavy atom. The van der Waals surface area contributed by atoms with Crippen LogP contribution in [0.2, 0.25) is 0 Å². The second kappa shape index (κ2) is 5.94. The zero-order valence-electron chi connectivity index (χ0n) is 8.19. The van der Waals surface area contributed by atoms with E-state index in [1.54, 1.807) is 6.92 Å². The van der Waals surface area contributed by atoms with Crippen molar-refractivity contribution in [1.82, 2.24) is 4.72 Å². The van der Waals surface area contributed by atoms with E-state index in [4.69, 9.17) is 5.11 Å². The predicted molar refractivity (Wildman–Crippen MR) is 50.1 cm³/mol. The van der Waals surface area contributed by atoms with Gasteiger partial charge in [0.1, 0.15) is 0 Å². The van der Waals surface area contributed by atoms with Gasteiger partial charge in [-0.2, -0.15) is 0 Å². The maximum absolute atomic E-state index is 11.1.